The number of phenolic OH excluding ortho intramolecular Hbond substituents is 1. The lowest BCUT2D eigenvalue weighted by Gasteiger charge is -2.07. The number of carbonyl (C=O) groups excluding carboxylic acids is 1. The lowest BCUT2D eigenvalue weighted by atomic mass is 10.2. The summed E-state index contributed by atoms with van der Waals surface area (Å²) in [5.41, 5.74) is 2.99. The predicted octanol–water partition coefficient (Wildman–Crippen LogP) is 3.63. The number of ether oxygens (including phenoxy) is 2. The standard InChI is InChI=1S/C17H16Cl2N2O4/c1-2-24-16-7-11(3-5-14(16)22)9-20-21-17(23)10-25-15-6-4-12(18)8-13(15)19/h3-9,22H,2,10H2,1H3,(H,21,23). The fourth-order valence-corrected chi connectivity index (χ4v) is 2.29. The van der Waals surface area contributed by atoms with Gasteiger partial charge in [0.2, 0.25) is 0 Å². The molecule has 6 nitrogen and oxygen atoms in total. The molecule has 0 aliphatic carbocycles. The highest BCUT2D eigenvalue weighted by molar-refractivity contribution is 6.35. The van der Waals surface area contributed by atoms with E-state index in [9.17, 15) is 9.90 Å². The van der Waals surface area contributed by atoms with E-state index >= 15 is 0 Å². The van der Waals surface area contributed by atoms with E-state index in [-0.39, 0.29) is 12.4 Å². The number of halogens is 2. The molecule has 0 saturated heterocycles. The second kappa shape index (κ2) is 9.15. The molecular formula is C17H16Cl2N2O4. The molecule has 0 fully saturated rings. The largest absolute Gasteiger partial charge is 0.504 e. The lowest BCUT2D eigenvalue weighted by Crippen LogP contribution is -2.24. The second-order valence-electron chi connectivity index (χ2n) is 4.82. The fourth-order valence-electron chi connectivity index (χ4n) is 1.83. The highest BCUT2D eigenvalue weighted by Gasteiger charge is 2.06. The fraction of sp³-hybridized carbons (Fsp3) is 0.176. The zero-order chi connectivity index (χ0) is 18.2. The Kier molecular flexibility index (Phi) is 6.91. The number of rotatable bonds is 7. The summed E-state index contributed by atoms with van der Waals surface area (Å²) in [7, 11) is 0. The van der Waals surface area contributed by atoms with Gasteiger partial charge in [-0.05, 0) is 48.9 Å². The Morgan fingerprint density at radius 1 is 1.20 bits per heavy atom. The van der Waals surface area contributed by atoms with E-state index in [2.05, 4.69) is 10.5 Å². The van der Waals surface area contributed by atoms with Gasteiger partial charge in [-0.3, -0.25) is 4.79 Å². The maximum absolute atomic E-state index is 11.7. The summed E-state index contributed by atoms with van der Waals surface area (Å²) in [5.74, 6) is 0.283. The zero-order valence-electron chi connectivity index (χ0n) is 13.3. The molecule has 0 saturated carbocycles. The van der Waals surface area contributed by atoms with Crippen molar-refractivity contribution >= 4 is 35.3 Å². The third-order valence-corrected chi connectivity index (χ3v) is 3.47. The third-order valence-electron chi connectivity index (χ3n) is 2.94. The van der Waals surface area contributed by atoms with Gasteiger partial charge < -0.3 is 14.6 Å². The van der Waals surface area contributed by atoms with Crippen molar-refractivity contribution in [2.24, 2.45) is 5.10 Å². The highest BCUT2D eigenvalue weighted by atomic mass is 35.5. The second-order valence-corrected chi connectivity index (χ2v) is 5.66. The van der Waals surface area contributed by atoms with E-state index in [1.165, 1.54) is 18.3 Å². The number of benzene rings is 2. The van der Waals surface area contributed by atoms with Crippen molar-refractivity contribution in [3.05, 3.63) is 52.0 Å². The van der Waals surface area contributed by atoms with Crippen LogP contribution in [-0.2, 0) is 4.79 Å². The normalized spacial score (nSPS) is 10.7. The van der Waals surface area contributed by atoms with Crippen molar-refractivity contribution in [1.82, 2.24) is 5.43 Å². The van der Waals surface area contributed by atoms with Crippen LogP contribution in [0, 0.1) is 0 Å². The van der Waals surface area contributed by atoms with Crippen molar-refractivity contribution < 1.29 is 19.4 Å². The molecule has 0 radical (unpaired) electrons. The van der Waals surface area contributed by atoms with Gasteiger partial charge in [0.1, 0.15) is 5.75 Å². The summed E-state index contributed by atoms with van der Waals surface area (Å²) in [5, 5.41) is 14.2. The van der Waals surface area contributed by atoms with Gasteiger partial charge in [-0.1, -0.05) is 23.2 Å². The van der Waals surface area contributed by atoms with Gasteiger partial charge in [-0.15, -0.1) is 0 Å². The summed E-state index contributed by atoms with van der Waals surface area (Å²) in [6.07, 6.45) is 1.43. The molecule has 1 amide bonds. The Morgan fingerprint density at radius 2 is 2.00 bits per heavy atom. The number of amides is 1. The number of hydrogen-bond acceptors (Lipinski definition) is 5. The quantitative estimate of drug-likeness (QED) is 0.565. The van der Waals surface area contributed by atoms with Gasteiger partial charge in [0.15, 0.2) is 18.1 Å². The van der Waals surface area contributed by atoms with Crippen LogP contribution in [0.15, 0.2) is 41.5 Å². The average molecular weight is 383 g/mol. The van der Waals surface area contributed by atoms with Gasteiger partial charge >= 0.3 is 0 Å². The Balaban J connectivity index is 1.87. The van der Waals surface area contributed by atoms with Crippen LogP contribution >= 0.6 is 23.2 Å². The molecule has 2 rings (SSSR count). The first-order valence-electron chi connectivity index (χ1n) is 7.35. The molecule has 25 heavy (non-hydrogen) atoms. The topological polar surface area (TPSA) is 80.2 Å². The van der Waals surface area contributed by atoms with Gasteiger partial charge in [0.25, 0.3) is 5.91 Å². The molecule has 0 aromatic heterocycles. The number of aromatic hydroxyl groups is 1. The Labute approximate surface area is 155 Å². The zero-order valence-corrected chi connectivity index (χ0v) is 14.8. The predicted molar refractivity (Wildman–Crippen MR) is 97.0 cm³/mol. The number of phenols is 1. The van der Waals surface area contributed by atoms with E-state index in [1.54, 1.807) is 24.3 Å². The van der Waals surface area contributed by atoms with Gasteiger partial charge in [0.05, 0.1) is 17.8 Å². The lowest BCUT2D eigenvalue weighted by molar-refractivity contribution is -0.123. The first-order chi connectivity index (χ1) is 12.0. The summed E-state index contributed by atoms with van der Waals surface area (Å²) in [4.78, 5) is 11.7. The molecular weight excluding hydrogens is 367 g/mol. The van der Waals surface area contributed by atoms with E-state index < -0.39 is 5.91 Å². The summed E-state index contributed by atoms with van der Waals surface area (Å²) in [6.45, 7) is 1.99. The number of carbonyl (C=O) groups is 1. The number of nitrogens with one attached hydrogen (secondary N) is 1. The Hall–Kier alpha value is -2.44. The molecule has 0 atom stereocenters. The molecule has 0 spiro atoms. The van der Waals surface area contributed by atoms with Crippen LogP contribution in [0.4, 0.5) is 0 Å². The van der Waals surface area contributed by atoms with Gasteiger partial charge in [0, 0.05) is 5.02 Å². The maximum Gasteiger partial charge on any atom is 0.277 e. The molecule has 2 N–H and O–H groups in total. The molecule has 132 valence electrons. The molecule has 0 aliphatic heterocycles. The molecule has 0 aliphatic rings. The summed E-state index contributed by atoms with van der Waals surface area (Å²) in [6, 6.07) is 9.44. The first-order valence-corrected chi connectivity index (χ1v) is 8.10. The monoisotopic (exact) mass is 382 g/mol. The molecule has 2 aromatic carbocycles. The Bertz CT molecular complexity index is 781. The van der Waals surface area contributed by atoms with Crippen LogP contribution in [0.25, 0.3) is 0 Å². The van der Waals surface area contributed by atoms with Gasteiger partial charge in [-0.2, -0.15) is 5.10 Å². The van der Waals surface area contributed by atoms with Crippen LogP contribution in [-0.4, -0.2) is 30.4 Å². The minimum absolute atomic E-state index is 0.0382. The van der Waals surface area contributed by atoms with Crippen molar-refractivity contribution in [2.75, 3.05) is 13.2 Å². The summed E-state index contributed by atoms with van der Waals surface area (Å²) < 4.78 is 10.6. The SMILES string of the molecule is CCOc1cc(C=NNC(=O)COc2ccc(Cl)cc2Cl)ccc1O. The van der Waals surface area contributed by atoms with Crippen LogP contribution < -0.4 is 14.9 Å². The van der Waals surface area contributed by atoms with Crippen LogP contribution in [0.3, 0.4) is 0 Å². The third kappa shape index (κ3) is 5.85. The first kappa shape index (κ1) is 18.9. The smallest absolute Gasteiger partial charge is 0.277 e. The van der Waals surface area contributed by atoms with Gasteiger partial charge in [-0.25, -0.2) is 5.43 Å². The minimum atomic E-state index is -0.453. The average Bonchev–Trinajstić information content (AvgIpc) is 2.57. The molecule has 0 unspecified atom stereocenters. The highest BCUT2D eigenvalue weighted by Crippen LogP contribution is 2.27. The maximum atomic E-state index is 11.7. The molecule has 0 heterocycles. The van der Waals surface area contributed by atoms with E-state index in [0.717, 1.165) is 0 Å². The van der Waals surface area contributed by atoms with Crippen molar-refractivity contribution in [3.8, 4) is 17.2 Å². The van der Waals surface area contributed by atoms with E-state index in [1.807, 2.05) is 6.92 Å². The number of hydrogen-bond donors (Lipinski definition) is 2. The van der Waals surface area contributed by atoms with Crippen molar-refractivity contribution in [2.45, 2.75) is 6.92 Å². The molecule has 8 heteroatoms. The van der Waals surface area contributed by atoms with Crippen LogP contribution in [0.2, 0.25) is 10.0 Å². The van der Waals surface area contributed by atoms with Crippen molar-refractivity contribution in [3.63, 3.8) is 0 Å². The molecule has 0 bridgehead atoms. The van der Waals surface area contributed by atoms with Crippen molar-refractivity contribution in [1.29, 1.82) is 0 Å². The Morgan fingerprint density at radius 3 is 2.72 bits per heavy atom. The molecule has 2 aromatic rings. The van der Waals surface area contributed by atoms with E-state index in [0.29, 0.717) is 33.7 Å². The number of hydrazone groups is 1. The minimum Gasteiger partial charge on any atom is -0.504 e. The summed E-state index contributed by atoms with van der Waals surface area (Å²) >= 11 is 11.7. The van der Waals surface area contributed by atoms with E-state index in [4.69, 9.17) is 32.7 Å². The number of nitrogens with zero attached hydrogens (tertiary/aromatic N) is 1. The van der Waals surface area contributed by atoms with Crippen LogP contribution in [0.1, 0.15) is 12.5 Å². The van der Waals surface area contributed by atoms with Crippen LogP contribution in [0.5, 0.6) is 17.2 Å².